The molecule has 0 atom stereocenters. The minimum absolute atomic E-state index is 0.715. The molecule has 56 valence electrons. The molecule has 0 radical (unpaired) electrons. The second-order valence-corrected chi connectivity index (χ2v) is 2.30. The van der Waals surface area contributed by atoms with E-state index in [4.69, 9.17) is 9.47 Å². The quantitative estimate of drug-likeness (QED) is 0.472. The van der Waals surface area contributed by atoms with Gasteiger partial charge in [-0.15, -0.1) is 0 Å². The molecular weight excluding hydrogens is 140 g/mol. The molecule has 0 aliphatic carbocycles. The Hall–Kier alpha value is -1.44. The predicted molar refractivity (Wildman–Crippen MR) is 41.1 cm³/mol. The van der Waals surface area contributed by atoms with Gasteiger partial charge in [0.15, 0.2) is 5.76 Å². The van der Waals surface area contributed by atoms with Gasteiger partial charge in [0.25, 0.3) is 0 Å². The first-order valence-electron chi connectivity index (χ1n) is 3.49. The highest BCUT2D eigenvalue weighted by molar-refractivity contribution is 5.22. The van der Waals surface area contributed by atoms with E-state index in [1.54, 1.807) is 6.26 Å². The van der Waals surface area contributed by atoms with Crippen molar-refractivity contribution < 1.29 is 9.47 Å². The molecule has 2 rings (SSSR count). The Labute approximate surface area is 65.1 Å². The number of ether oxygens (including phenoxy) is 2. The first kappa shape index (κ1) is 6.28. The van der Waals surface area contributed by atoms with Crippen LogP contribution < -0.4 is 4.74 Å². The van der Waals surface area contributed by atoms with Crippen molar-refractivity contribution in [2.24, 2.45) is 0 Å². The lowest BCUT2D eigenvalue weighted by Gasteiger charge is -1.95. The van der Waals surface area contributed by atoms with E-state index in [-0.39, 0.29) is 0 Å². The molecule has 1 saturated heterocycles. The van der Waals surface area contributed by atoms with Crippen molar-refractivity contribution in [2.45, 2.75) is 0 Å². The van der Waals surface area contributed by atoms with E-state index < -0.39 is 0 Å². The molecule has 0 saturated carbocycles. The van der Waals surface area contributed by atoms with Gasteiger partial charge in [0.1, 0.15) is 18.6 Å². The SMILES string of the molecule is C(/Oc1ccccc1)=C1\CO1. The highest BCUT2D eigenvalue weighted by atomic mass is 16.6. The van der Waals surface area contributed by atoms with Gasteiger partial charge in [0.05, 0.1) is 0 Å². The summed E-state index contributed by atoms with van der Waals surface area (Å²) in [6, 6.07) is 9.62. The van der Waals surface area contributed by atoms with Gasteiger partial charge in [-0.1, -0.05) is 18.2 Å². The summed E-state index contributed by atoms with van der Waals surface area (Å²) in [4.78, 5) is 0. The van der Waals surface area contributed by atoms with Gasteiger partial charge >= 0.3 is 0 Å². The topological polar surface area (TPSA) is 21.8 Å². The van der Waals surface area contributed by atoms with Crippen LogP contribution in [0.15, 0.2) is 42.4 Å². The lowest BCUT2D eigenvalue weighted by Crippen LogP contribution is -1.79. The van der Waals surface area contributed by atoms with Gasteiger partial charge in [-0.2, -0.15) is 0 Å². The zero-order valence-corrected chi connectivity index (χ0v) is 5.99. The second-order valence-electron chi connectivity index (χ2n) is 2.30. The first-order valence-corrected chi connectivity index (χ1v) is 3.49. The molecule has 0 unspecified atom stereocenters. The van der Waals surface area contributed by atoms with Crippen molar-refractivity contribution in [3.8, 4) is 5.75 Å². The van der Waals surface area contributed by atoms with E-state index in [0.717, 1.165) is 11.5 Å². The van der Waals surface area contributed by atoms with Crippen LogP contribution in [-0.4, -0.2) is 6.61 Å². The molecule has 1 aliphatic rings. The number of para-hydroxylation sites is 1. The maximum atomic E-state index is 5.24. The highest BCUT2D eigenvalue weighted by Gasteiger charge is 2.12. The van der Waals surface area contributed by atoms with Crippen molar-refractivity contribution in [2.75, 3.05) is 6.61 Å². The summed E-state index contributed by atoms with van der Waals surface area (Å²) < 4.78 is 10.1. The largest absolute Gasteiger partial charge is 0.483 e. The second kappa shape index (κ2) is 2.66. The third-order valence-corrected chi connectivity index (χ3v) is 1.38. The standard InChI is InChI=1S/C9H8O2/c1-2-4-8(5-3-1)10-6-9-7-11-9/h1-6H,7H2/b9-6-. The van der Waals surface area contributed by atoms with Crippen LogP contribution in [0.25, 0.3) is 0 Å². The number of rotatable bonds is 2. The summed E-state index contributed by atoms with van der Waals surface area (Å²) in [6.45, 7) is 0.715. The summed E-state index contributed by atoms with van der Waals surface area (Å²) in [7, 11) is 0. The van der Waals surface area contributed by atoms with Crippen LogP contribution in [0.4, 0.5) is 0 Å². The fourth-order valence-electron chi connectivity index (χ4n) is 0.743. The van der Waals surface area contributed by atoms with E-state index in [1.807, 2.05) is 30.3 Å². The highest BCUT2D eigenvalue weighted by Crippen LogP contribution is 2.16. The Kier molecular flexibility index (Phi) is 1.52. The van der Waals surface area contributed by atoms with Gasteiger partial charge in [0.2, 0.25) is 0 Å². The van der Waals surface area contributed by atoms with E-state index in [9.17, 15) is 0 Å². The summed E-state index contributed by atoms with van der Waals surface area (Å²) in [6.07, 6.45) is 1.63. The molecule has 0 N–H and O–H groups in total. The smallest absolute Gasteiger partial charge is 0.169 e. The zero-order valence-electron chi connectivity index (χ0n) is 5.99. The van der Waals surface area contributed by atoms with Crippen LogP contribution in [0.5, 0.6) is 5.75 Å². The Morgan fingerprint density at radius 2 is 2.00 bits per heavy atom. The average Bonchev–Trinajstić information content (AvgIpc) is 2.86. The number of epoxide rings is 1. The summed E-state index contributed by atoms with van der Waals surface area (Å²) in [5.74, 6) is 1.75. The molecule has 1 heterocycles. The van der Waals surface area contributed by atoms with Crippen LogP contribution in [0.2, 0.25) is 0 Å². The lowest BCUT2D eigenvalue weighted by atomic mass is 10.3. The maximum absolute atomic E-state index is 5.24. The third-order valence-electron chi connectivity index (χ3n) is 1.38. The van der Waals surface area contributed by atoms with Gasteiger partial charge in [0, 0.05) is 0 Å². The summed E-state index contributed by atoms with van der Waals surface area (Å²) in [5, 5.41) is 0. The maximum Gasteiger partial charge on any atom is 0.169 e. The predicted octanol–water partition coefficient (Wildman–Crippen LogP) is 1.94. The van der Waals surface area contributed by atoms with Crippen LogP contribution >= 0.6 is 0 Å². The molecular formula is C9H8O2. The minimum atomic E-state index is 0.715. The Balaban J connectivity index is 2.01. The molecule has 1 aliphatic heterocycles. The molecule has 2 heteroatoms. The minimum Gasteiger partial charge on any atom is -0.483 e. The van der Waals surface area contributed by atoms with Crippen LogP contribution in [0, 0.1) is 0 Å². The van der Waals surface area contributed by atoms with Crippen molar-refractivity contribution in [3.05, 3.63) is 42.4 Å². The van der Waals surface area contributed by atoms with Crippen molar-refractivity contribution in [1.82, 2.24) is 0 Å². The molecule has 0 aromatic heterocycles. The Morgan fingerprint density at radius 3 is 2.64 bits per heavy atom. The summed E-state index contributed by atoms with van der Waals surface area (Å²) in [5.41, 5.74) is 0. The Morgan fingerprint density at radius 1 is 1.27 bits per heavy atom. The van der Waals surface area contributed by atoms with Crippen LogP contribution in [0.3, 0.4) is 0 Å². The van der Waals surface area contributed by atoms with Crippen molar-refractivity contribution in [1.29, 1.82) is 0 Å². The molecule has 0 bridgehead atoms. The molecule has 2 nitrogen and oxygen atoms in total. The normalized spacial score (nSPS) is 17.6. The fourth-order valence-corrected chi connectivity index (χ4v) is 0.743. The van der Waals surface area contributed by atoms with Gasteiger partial charge < -0.3 is 9.47 Å². The van der Waals surface area contributed by atoms with Crippen molar-refractivity contribution in [3.63, 3.8) is 0 Å². The number of benzene rings is 1. The van der Waals surface area contributed by atoms with Gasteiger partial charge in [-0.25, -0.2) is 0 Å². The molecule has 11 heavy (non-hydrogen) atoms. The van der Waals surface area contributed by atoms with Gasteiger partial charge in [-0.3, -0.25) is 0 Å². The summed E-state index contributed by atoms with van der Waals surface area (Å²) >= 11 is 0. The average molecular weight is 148 g/mol. The van der Waals surface area contributed by atoms with E-state index >= 15 is 0 Å². The number of hydrogen-bond donors (Lipinski definition) is 0. The zero-order chi connectivity index (χ0) is 7.52. The van der Waals surface area contributed by atoms with Crippen LogP contribution in [-0.2, 0) is 4.74 Å². The third kappa shape index (κ3) is 1.74. The molecule has 0 amide bonds. The van der Waals surface area contributed by atoms with Crippen molar-refractivity contribution >= 4 is 0 Å². The molecule has 1 aromatic carbocycles. The van der Waals surface area contributed by atoms with E-state index in [1.165, 1.54) is 0 Å². The fraction of sp³-hybridized carbons (Fsp3) is 0.111. The van der Waals surface area contributed by atoms with E-state index in [2.05, 4.69) is 0 Å². The Bertz CT molecular complexity index is 258. The first-order chi connectivity index (χ1) is 5.45. The lowest BCUT2D eigenvalue weighted by molar-refractivity contribution is 0.450. The monoisotopic (exact) mass is 148 g/mol. The molecule has 0 spiro atoms. The van der Waals surface area contributed by atoms with Crippen LogP contribution in [0.1, 0.15) is 0 Å². The number of hydrogen-bond acceptors (Lipinski definition) is 2. The van der Waals surface area contributed by atoms with Gasteiger partial charge in [-0.05, 0) is 12.1 Å². The molecule has 1 fully saturated rings. The molecule has 1 aromatic rings. The van der Waals surface area contributed by atoms with E-state index in [0.29, 0.717) is 6.61 Å².